The fraction of sp³-hybridized carbons (Fsp3) is 0.833. The first-order chi connectivity index (χ1) is 8.55. The standard InChI is InChI=1S/C12H22N2O3S/c1-3-5-6-12(9-10(15)17-4-2)14(11(13)16)7-8-18-12/h3-9H2,1-2H3,(H2,13,16). The van der Waals surface area contributed by atoms with Gasteiger partial charge in [0.1, 0.15) is 4.87 Å². The molecule has 0 aromatic heterocycles. The number of urea groups is 1. The molecule has 2 N–H and O–H groups in total. The summed E-state index contributed by atoms with van der Waals surface area (Å²) in [5.74, 6) is 0.570. The van der Waals surface area contributed by atoms with Crippen molar-refractivity contribution in [1.29, 1.82) is 0 Å². The lowest BCUT2D eigenvalue weighted by Crippen LogP contribution is -2.49. The minimum Gasteiger partial charge on any atom is -0.466 e. The van der Waals surface area contributed by atoms with E-state index < -0.39 is 10.9 Å². The molecule has 0 aromatic rings. The molecule has 1 atom stereocenters. The average molecular weight is 274 g/mol. The summed E-state index contributed by atoms with van der Waals surface area (Å²) in [5.41, 5.74) is 5.42. The molecule has 1 unspecified atom stereocenters. The van der Waals surface area contributed by atoms with Gasteiger partial charge in [-0.25, -0.2) is 4.79 Å². The van der Waals surface area contributed by atoms with Gasteiger partial charge in [0.05, 0.1) is 13.0 Å². The summed E-state index contributed by atoms with van der Waals surface area (Å²) in [6, 6.07) is -0.444. The number of nitrogens with two attached hydrogens (primary N) is 1. The van der Waals surface area contributed by atoms with Crippen LogP contribution in [0.25, 0.3) is 0 Å². The third kappa shape index (κ3) is 3.54. The minimum absolute atomic E-state index is 0.231. The Balaban J connectivity index is 2.80. The van der Waals surface area contributed by atoms with Gasteiger partial charge in [-0.1, -0.05) is 19.8 Å². The van der Waals surface area contributed by atoms with E-state index in [-0.39, 0.29) is 12.4 Å². The highest BCUT2D eigenvalue weighted by Gasteiger charge is 2.45. The van der Waals surface area contributed by atoms with Crippen LogP contribution < -0.4 is 5.73 Å². The van der Waals surface area contributed by atoms with Crippen molar-refractivity contribution in [2.45, 2.75) is 44.4 Å². The normalized spacial score (nSPS) is 23.1. The molecule has 0 saturated carbocycles. The molecule has 1 fully saturated rings. The van der Waals surface area contributed by atoms with Crippen LogP contribution in [-0.2, 0) is 9.53 Å². The van der Waals surface area contributed by atoms with E-state index in [1.165, 1.54) is 0 Å². The van der Waals surface area contributed by atoms with E-state index in [1.54, 1.807) is 23.6 Å². The molecule has 1 aliphatic rings. The molecular formula is C12H22N2O3S. The Bertz CT molecular complexity index is 312. The Morgan fingerprint density at radius 2 is 2.17 bits per heavy atom. The smallest absolute Gasteiger partial charge is 0.315 e. The lowest BCUT2D eigenvalue weighted by Gasteiger charge is -2.35. The molecule has 2 amide bonds. The van der Waals surface area contributed by atoms with Gasteiger partial charge in [0.15, 0.2) is 0 Å². The van der Waals surface area contributed by atoms with Crippen LogP contribution in [0.3, 0.4) is 0 Å². The molecule has 1 saturated heterocycles. The highest BCUT2D eigenvalue weighted by atomic mass is 32.2. The van der Waals surface area contributed by atoms with Gasteiger partial charge in [0.2, 0.25) is 0 Å². The molecule has 18 heavy (non-hydrogen) atoms. The number of hydrogen-bond donors (Lipinski definition) is 1. The Hall–Kier alpha value is -0.910. The van der Waals surface area contributed by atoms with Crippen molar-refractivity contribution >= 4 is 23.8 Å². The van der Waals surface area contributed by atoms with Gasteiger partial charge < -0.3 is 15.4 Å². The minimum atomic E-state index is -0.492. The fourth-order valence-corrected chi connectivity index (χ4v) is 3.75. The lowest BCUT2D eigenvalue weighted by atomic mass is 10.0. The first-order valence-corrected chi connectivity index (χ1v) is 7.41. The molecule has 104 valence electrons. The second-order valence-corrected chi connectivity index (χ2v) is 5.83. The number of carbonyl (C=O) groups excluding carboxylic acids is 2. The Kier molecular flexibility index (Phi) is 5.78. The van der Waals surface area contributed by atoms with E-state index >= 15 is 0 Å². The van der Waals surface area contributed by atoms with E-state index in [0.717, 1.165) is 25.0 Å². The van der Waals surface area contributed by atoms with Crippen LogP contribution in [0.4, 0.5) is 4.79 Å². The number of hydrogen-bond acceptors (Lipinski definition) is 4. The predicted octanol–water partition coefficient (Wildman–Crippen LogP) is 1.95. The highest BCUT2D eigenvalue weighted by molar-refractivity contribution is 8.00. The fourth-order valence-electron chi connectivity index (χ4n) is 2.25. The van der Waals surface area contributed by atoms with Crippen LogP contribution in [0.2, 0.25) is 0 Å². The molecule has 6 heteroatoms. The van der Waals surface area contributed by atoms with Crippen molar-refractivity contribution in [3.8, 4) is 0 Å². The highest BCUT2D eigenvalue weighted by Crippen LogP contribution is 2.42. The zero-order valence-electron chi connectivity index (χ0n) is 11.1. The van der Waals surface area contributed by atoms with Gasteiger partial charge in [-0.05, 0) is 13.3 Å². The molecule has 0 aromatic carbocycles. The average Bonchev–Trinajstić information content (AvgIpc) is 2.71. The van der Waals surface area contributed by atoms with Gasteiger partial charge in [0.25, 0.3) is 0 Å². The van der Waals surface area contributed by atoms with E-state index in [2.05, 4.69) is 6.92 Å². The number of carbonyl (C=O) groups is 2. The van der Waals surface area contributed by atoms with Gasteiger partial charge in [-0.3, -0.25) is 4.79 Å². The third-order valence-corrected chi connectivity index (χ3v) is 4.58. The van der Waals surface area contributed by atoms with Gasteiger partial charge in [-0.15, -0.1) is 11.8 Å². The van der Waals surface area contributed by atoms with Crippen LogP contribution >= 0.6 is 11.8 Å². The zero-order chi connectivity index (χ0) is 13.6. The van der Waals surface area contributed by atoms with Crippen LogP contribution in [0, 0.1) is 0 Å². The molecular weight excluding hydrogens is 252 g/mol. The summed E-state index contributed by atoms with van der Waals surface area (Å²) < 4.78 is 5.01. The van der Waals surface area contributed by atoms with Gasteiger partial charge in [-0.2, -0.15) is 0 Å². The van der Waals surface area contributed by atoms with Crippen molar-refractivity contribution in [2.75, 3.05) is 18.9 Å². The maximum atomic E-state index is 11.7. The molecule has 1 aliphatic heterocycles. The van der Waals surface area contributed by atoms with Gasteiger partial charge in [0, 0.05) is 12.3 Å². The number of esters is 1. The molecule has 0 radical (unpaired) electrons. The summed E-state index contributed by atoms with van der Waals surface area (Å²) in [6.07, 6.45) is 3.01. The van der Waals surface area contributed by atoms with Crippen LogP contribution in [-0.4, -0.2) is 40.7 Å². The Labute approximate surface area is 112 Å². The first-order valence-electron chi connectivity index (χ1n) is 6.42. The summed E-state index contributed by atoms with van der Waals surface area (Å²) in [4.78, 5) is 24.4. The number of thioether (sulfide) groups is 1. The molecule has 5 nitrogen and oxygen atoms in total. The number of nitrogens with zero attached hydrogens (tertiary/aromatic N) is 1. The topological polar surface area (TPSA) is 72.6 Å². The Morgan fingerprint density at radius 1 is 1.44 bits per heavy atom. The summed E-state index contributed by atoms with van der Waals surface area (Å²) in [6.45, 7) is 4.85. The lowest BCUT2D eigenvalue weighted by molar-refractivity contribution is -0.144. The predicted molar refractivity (Wildman–Crippen MR) is 72.3 cm³/mol. The van der Waals surface area contributed by atoms with E-state index in [4.69, 9.17) is 10.5 Å². The van der Waals surface area contributed by atoms with Crippen LogP contribution in [0.1, 0.15) is 39.5 Å². The monoisotopic (exact) mass is 274 g/mol. The van der Waals surface area contributed by atoms with Crippen molar-refractivity contribution in [2.24, 2.45) is 5.73 Å². The van der Waals surface area contributed by atoms with Crippen LogP contribution in [0.5, 0.6) is 0 Å². The SMILES string of the molecule is CCCCC1(CC(=O)OCC)SCCN1C(N)=O. The second-order valence-electron chi connectivity index (χ2n) is 4.37. The van der Waals surface area contributed by atoms with Crippen LogP contribution in [0.15, 0.2) is 0 Å². The molecule has 1 heterocycles. The zero-order valence-corrected chi connectivity index (χ0v) is 11.9. The van der Waals surface area contributed by atoms with Crippen molar-refractivity contribution < 1.29 is 14.3 Å². The van der Waals surface area contributed by atoms with E-state index in [9.17, 15) is 9.59 Å². The number of rotatable bonds is 6. The maximum Gasteiger partial charge on any atom is 0.315 e. The van der Waals surface area contributed by atoms with E-state index in [0.29, 0.717) is 13.2 Å². The second kappa shape index (κ2) is 6.87. The molecule has 0 bridgehead atoms. The maximum absolute atomic E-state index is 11.7. The van der Waals surface area contributed by atoms with Crippen molar-refractivity contribution in [3.63, 3.8) is 0 Å². The van der Waals surface area contributed by atoms with Gasteiger partial charge >= 0.3 is 12.0 Å². The number of unbranched alkanes of at least 4 members (excludes halogenated alkanes) is 1. The quantitative estimate of drug-likeness (QED) is 0.751. The van der Waals surface area contributed by atoms with Crippen molar-refractivity contribution in [1.82, 2.24) is 4.90 Å². The summed E-state index contributed by atoms with van der Waals surface area (Å²) >= 11 is 1.64. The summed E-state index contributed by atoms with van der Waals surface area (Å²) in [7, 11) is 0. The summed E-state index contributed by atoms with van der Waals surface area (Å²) in [5, 5.41) is 0. The number of primary amides is 1. The largest absolute Gasteiger partial charge is 0.466 e. The molecule has 1 rings (SSSR count). The number of amides is 2. The molecule has 0 aliphatic carbocycles. The van der Waals surface area contributed by atoms with Crippen molar-refractivity contribution in [3.05, 3.63) is 0 Å². The number of ether oxygens (including phenoxy) is 1. The first kappa shape index (κ1) is 15.1. The van der Waals surface area contributed by atoms with E-state index in [1.807, 2.05) is 0 Å². The third-order valence-electron chi connectivity index (χ3n) is 3.09. The molecule has 0 spiro atoms. The Morgan fingerprint density at radius 3 is 2.72 bits per heavy atom.